The van der Waals surface area contributed by atoms with Gasteiger partial charge in [0.15, 0.2) is 22.0 Å². The molecule has 206 valence electrons. The molecule has 1 unspecified atom stereocenters. The number of rotatable bonds is 10. The van der Waals surface area contributed by atoms with Gasteiger partial charge < -0.3 is 24.8 Å². The molecule has 3 heterocycles. The molecular formula is C22H27Cl2N6O7P. The molecule has 0 spiro atoms. The number of aliphatic hydroxyl groups is 1. The van der Waals surface area contributed by atoms with Gasteiger partial charge in [0.1, 0.15) is 35.8 Å². The Balaban J connectivity index is 1.54. The Kier molecular flexibility index (Phi) is 8.48. The number of ether oxygens (including phenoxy) is 2. The number of fused-ring (bicyclic) bond motifs is 1. The Hall–Kier alpha value is -2.51. The Labute approximate surface area is 228 Å². The van der Waals surface area contributed by atoms with Gasteiger partial charge in [-0.1, -0.05) is 41.4 Å². The highest BCUT2D eigenvalue weighted by atomic mass is 35.5. The number of imidazole rings is 1. The predicted molar refractivity (Wildman–Crippen MR) is 139 cm³/mol. The molecule has 1 aromatic carbocycles. The first kappa shape index (κ1) is 28.5. The maximum absolute atomic E-state index is 13.7. The van der Waals surface area contributed by atoms with Gasteiger partial charge in [-0.05, 0) is 32.9 Å². The first-order valence-corrected chi connectivity index (χ1v) is 13.8. The van der Waals surface area contributed by atoms with Crippen molar-refractivity contribution in [2.75, 3.05) is 12.3 Å². The van der Waals surface area contributed by atoms with Crippen molar-refractivity contribution in [3.63, 3.8) is 0 Å². The SMILES string of the molecule is CC(C)OC(=O)[C@@H](C)NP(=O)(OC[C@H]1O[C@@H](n2cnc3c(N)ncnc32)C(Cl)(Cl)[C@@H]1O)Oc1ccccc1. The average molecular weight is 589 g/mol. The smallest absolute Gasteiger partial charge is 0.459 e. The number of benzene rings is 1. The van der Waals surface area contributed by atoms with E-state index in [1.165, 1.54) is 24.1 Å². The van der Waals surface area contributed by atoms with Crippen LogP contribution in [0.3, 0.4) is 0 Å². The first-order valence-electron chi connectivity index (χ1n) is 11.5. The van der Waals surface area contributed by atoms with Crippen molar-refractivity contribution in [1.29, 1.82) is 0 Å². The molecule has 1 aliphatic rings. The van der Waals surface area contributed by atoms with Crippen molar-refractivity contribution in [2.45, 2.75) is 55.7 Å². The number of esters is 1. The number of anilines is 1. The molecule has 16 heteroatoms. The van der Waals surface area contributed by atoms with Crippen LogP contribution in [-0.2, 0) is 23.4 Å². The Morgan fingerprint density at radius 3 is 2.66 bits per heavy atom. The fourth-order valence-electron chi connectivity index (χ4n) is 3.65. The van der Waals surface area contributed by atoms with Gasteiger partial charge in [-0.25, -0.2) is 19.5 Å². The summed E-state index contributed by atoms with van der Waals surface area (Å²) in [5.41, 5.74) is 6.42. The predicted octanol–water partition coefficient (Wildman–Crippen LogP) is 2.97. The number of para-hydroxylation sites is 1. The molecule has 1 aliphatic heterocycles. The lowest BCUT2D eigenvalue weighted by molar-refractivity contribution is -0.149. The lowest BCUT2D eigenvalue weighted by Crippen LogP contribution is -2.39. The molecule has 4 N–H and O–H groups in total. The second-order valence-corrected chi connectivity index (χ2v) is 11.9. The minimum atomic E-state index is -4.23. The van der Waals surface area contributed by atoms with Crippen molar-refractivity contribution in [1.82, 2.24) is 24.6 Å². The van der Waals surface area contributed by atoms with Gasteiger partial charge in [-0.15, -0.1) is 0 Å². The van der Waals surface area contributed by atoms with Crippen LogP contribution in [-0.4, -0.2) is 65.9 Å². The monoisotopic (exact) mass is 588 g/mol. The third kappa shape index (κ3) is 6.04. The highest BCUT2D eigenvalue weighted by Gasteiger charge is 2.56. The lowest BCUT2D eigenvalue weighted by Gasteiger charge is -2.25. The largest absolute Gasteiger partial charge is 0.462 e. The van der Waals surface area contributed by atoms with Crippen molar-refractivity contribution in [3.8, 4) is 5.75 Å². The van der Waals surface area contributed by atoms with E-state index in [2.05, 4.69) is 20.0 Å². The molecule has 0 radical (unpaired) electrons. The highest BCUT2D eigenvalue weighted by Crippen LogP contribution is 2.50. The van der Waals surface area contributed by atoms with E-state index in [1.807, 2.05) is 0 Å². The number of aromatic nitrogens is 4. The molecule has 38 heavy (non-hydrogen) atoms. The van der Waals surface area contributed by atoms with E-state index >= 15 is 0 Å². The summed E-state index contributed by atoms with van der Waals surface area (Å²) >= 11 is 13.0. The molecule has 3 aromatic rings. The second-order valence-electron chi connectivity index (χ2n) is 8.76. The highest BCUT2D eigenvalue weighted by molar-refractivity contribution is 7.52. The van der Waals surface area contributed by atoms with Gasteiger partial charge in [0.25, 0.3) is 0 Å². The molecule has 4 rings (SSSR count). The number of aliphatic hydroxyl groups excluding tert-OH is 1. The third-order valence-corrected chi connectivity index (χ3v) is 7.92. The van der Waals surface area contributed by atoms with Crippen molar-refractivity contribution < 1.29 is 33.0 Å². The molecule has 2 aromatic heterocycles. The number of alkyl halides is 2. The minimum absolute atomic E-state index is 0.136. The van der Waals surface area contributed by atoms with Gasteiger partial charge in [0.05, 0.1) is 19.0 Å². The van der Waals surface area contributed by atoms with Crippen molar-refractivity contribution in [2.24, 2.45) is 0 Å². The maximum atomic E-state index is 13.7. The molecule has 0 bridgehead atoms. The number of nitrogens with zero attached hydrogens (tertiary/aromatic N) is 4. The van der Waals surface area contributed by atoms with E-state index < -0.39 is 49.1 Å². The molecule has 5 atom stereocenters. The second kappa shape index (κ2) is 11.3. The van der Waals surface area contributed by atoms with Crippen LogP contribution < -0.4 is 15.3 Å². The number of carbonyl (C=O) groups excluding carboxylic acids is 1. The van der Waals surface area contributed by atoms with E-state index in [1.54, 1.807) is 44.2 Å². The van der Waals surface area contributed by atoms with Crippen LogP contribution in [0.2, 0.25) is 0 Å². The molecule has 0 saturated carbocycles. The summed E-state index contributed by atoms with van der Waals surface area (Å²) in [4.78, 5) is 24.5. The van der Waals surface area contributed by atoms with Gasteiger partial charge in [0, 0.05) is 0 Å². The van der Waals surface area contributed by atoms with Crippen LogP contribution in [0.25, 0.3) is 11.2 Å². The van der Waals surface area contributed by atoms with E-state index in [4.69, 9.17) is 47.5 Å². The van der Waals surface area contributed by atoms with Gasteiger partial charge in [0.2, 0.25) is 0 Å². The summed E-state index contributed by atoms with van der Waals surface area (Å²) in [5.74, 6) is -0.312. The summed E-state index contributed by atoms with van der Waals surface area (Å²) in [6.07, 6.45) is -1.64. The third-order valence-electron chi connectivity index (χ3n) is 5.45. The number of carbonyl (C=O) groups is 1. The van der Waals surface area contributed by atoms with E-state index in [9.17, 15) is 14.5 Å². The Morgan fingerprint density at radius 2 is 1.97 bits per heavy atom. The number of nitrogens with two attached hydrogens (primary N) is 1. The van der Waals surface area contributed by atoms with E-state index in [-0.39, 0.29) is 23.3 Å². The molecular weight excluding hydrogens is 562 g/mol. The number of hydrogen-bond acceptors (Lipinski definition) is 11. The Morgan fingerprint density at radius 1 is 1.26 bits per heavy atom. The maximum Gasteiger partial charge on any atom is 0.459 e. The van der Waals surface area contributed by atoms with Crippen LogP contribution in [0.4, 0.5) is 5.82 Å². The van der Waals surface area contributed by atoms with E-state index in [0.717, 1.165) is 0 Å². The fraction of sp³-hybridized carbons (Fsp3) is 0.455. The average Bonchev–Trinajstić information content (AvgIpc) is 3.37. The number of nitrogens with one attached hydrogen (secondary N) is 1. The summed E-state index contributed by atoms with van der Waals surface area (Å²) in [5, 5.41) is 13.4. The summed E-state index contributed by atoms with van der Waals surface area (Å²) in [6.45, 7) is 4.34. The van der Waals surface area contributed by atoms with Gasteiger partial charge in [-0.2, -0.15) is 5.09 Å². The standard InChI is InChI=1S/C22H27Cl2N6O7P/c1-12(2)35-20(32)13(3)29-38(33,37-14-7-5-4-6-8-14)34-9-15-17(31)22(23,24)21(36-15)30-11-28-16-18(25)26-10-27-19(16)30/h4-8,10-13,15,17,21,31H,9H2,1-3H3,(H,29,33)(H2,25,26,27)/t13-,15-,17-,21-,38?/m1/s1. The van der Waals surface area contributed by atoms with Crippen LogP contribution in [0.5, 0.6) is 5.75 Å². The van der Waals surface area contributed by atoms with Crippen LogP contribution in [0.15, 0.2) is 43.0 Å². The van der Waals surface area contributed by atoms with Crippen molar-refractivity contribution >= 4 is 53.9 Å². The molecule has 0 aliphatic carbocycles. The lowest BCUT2D eigenvalue weighted by atomic mass is 10.2. The number of hydrogen-bond donors (Lipinski definition) is 3. The minimum Gasteiger partial charge on any atom is -0.462 e. The molecule has 0 amide bonds. The quantitative estimate of drug-likeness (QED) is 0.180. The zero-order valence-corrected chi connectivity index (χ0v) is 23.0. The van der Waals surface area contributed by atoms with Crippen LogP contribution in [0.1, 0.15) is 27.0 Å². The number of nitrogen functional groups attached to an aromatic ring is 1. The molecule has 1 fully saturated rings. The topological polar surface area (TPSA) is 173 Å². The summed E-state index contributed by atoms with van der Waals surface area (Å²) in [6, 6.07) is 7.16. The number of halogens is 2. The van der Waals surface area contributed by atoms with Gasteiger partial charge in [-0.3, -0.25) is 13.9 Å². The normalized spacial score (nSPS) is 23.3. The van der Waals surface area contributed by atoms with Crippen LogP contribution in [0, 0.1) is 0 Å². The van der Waals surface area contributed by atoms with Crippen LogP contribution >= 0.6 is 30.9 Å². The zero-order chi connectivity index (χ0) is 27.7. The Bertz CT molecular complexity index is 1330. The zero-order valence-electron chi connectivity index (χ0n) is 20.6. The van der Waals surface area contributed by atoms with Crippen molar-refractivity contribution in [3.05, 3.63) is 43.0 Å². The summed E-state index contributed by atoms with van der Waals surface area (Å²) < 4.78 is 35.6. The fourth-order valence-corrected chi connectivity index (χ4v) is 5.75. The summed E-state index contributed by atoms with van der Waals surface area (Å²) in [7, 11) is -4.23. The van der Waals surface area contributed by atoms with E-state index in [0.29, 0.717) is 5.52 Å². The van der Waals surface area contributed by atoms with Gasteiger partial charge >= 0.3 is 13.7 Å². The first-order chi connectivity index (χ1) is 17.9. The molecule has 1 saturated heterocycles. The molecule has 13 nitrogen and oxygen atoms in total.